The van der Waals surface area contributed by atoms with Gasteiger partial charge < -0.3 is 10.6 Å². The summed E-state index contributed by atoms with van der Waals surface area (Å²) in [6.07, 6.45) is 0. The molecule has 0 saturated carbocycles. The van der Waals surface area contributed by atoms with E-state index in [1.165, 1.54) is 11.1 Å². The van der Waals surface area contributed by atoms with Crippen LogP contribution in [0.15, 0.2) is 24.3 Å². The largest absolute Gasteiger partial charge is 0.351 e. The van der Waals surface area contributed by atoms with Gasteiger partial charge >= 0.3 is 0 Å². The quantitative estimate of drug-likeness (QED) is 0.744. The predicted molar refractivity (Wildman–Crippen MR) is 78.8 cm³/mol. The molecule has 106 valence electrons. The smallest absolute Gasteiger partial charge is 0.234 e. The molecule has 0 aliphatic rings. The highest BCUT2D eigenvalue weighted by atomic mass is 16.1. The van der Waals surface area contributed by atoms with E-state index >= 15 is 0 Å². The first-order chi connectivity index (χ1) is 9.21. The van der Waals surface area contributed by atoms with Crippen molar-refractivity contribution in [3.05, 3.63) is 35.4 Å². The Labute approximate surface area is 116 Å². The van der Waals surface area contributed by atoms with E-state index in [1.807, 2.05) is 6.07 Å². The van der Waals surface area contributed by atoms with Crippen molar-refractivity contribution in [2.45, 2.75) is 26.9 Å². The number of likely N-dealkylation sites (N-methyl/N-ethyl adjacent to an activating group) is 1. The van der Waals surface area contributed by atoms with Crippen LogP contribution in [0.3, 0.4) is 0 Å². The number of carbonyl (C=O) groups is 1. The molecule has 1 aromatic rings. The van der Waals surface area contributed by atoms with Crippen LogP contribution in [0, 0.1) is 0 Å². The van der Waals surface area contributed by atoms with Gasteiger partial charge in [0.05, 0.1) is 6.54 Å². The highest BCUT2D eigenvalue weighted by Gasteiger charge is 2.07. The van der Waals surface area contributed by atoms with Crippen LogP contribution in [0.5, 0.6) is 0 Å². The van der Waals surface area contributed by atoms with E-state index in [-0.39, 0.29) is 5.91 Å². The molecule has 19 heavy (non-hydrogen) atoms. The molecule has 0 saturated heterocycles. The number of nitrogens with zero attached hydrogens (tertiary/aromatic N) is 1. The molecular formula is C15H25N3O. The summed E-state index contributed by atoms with van der Waals surface area (Å²) in [5.74, 6) is 0.0279. The second-order valence-corrected chi connectivity index (χ2v) is 4.54. The van der Waals surface area contributed by atoms with E-state index in [1.54, 1.807) is 7.05 Å². The van der Waals surface area contributed by atoms with Crippen molar-refractivity contribution in [2.24, 2.45) is 0 Å². The fourth-order valence-corrected chi connectivity index (χ4v) is 1.99. The second kappa shape index (κ2) is 8.67. The molecule has 1 rings (SSSR count). The van der Waals surface area contributed by atoms with Gasteiger partial charge in [-0.25, -0.2) is 0 Å². The SMILES string of the molecule is CCN(CC)Cc1ccccc1CNC(=O)CNC. The number of hydrogen-bond acceptors (Lipinski definition) is 3. The minimum Gasteiger partial charge on any atom is -0.351 e. The van der Waals surface area contributed by atoms with Crippen molar-refractivity contribution in [3.63, 3.8) is 0 Å². The van der Waals surface area contributed by atoms with Gasteiger partial charge in [0.2, 0.25) is 5.91 Å². The van der Waals surface area contributed by atoms with Gasteiger partial charge in [-0.1, -0.05) is 38.1 Å². The third-order valence-electron chi connectivity index (χ3n) is 3.22. The summed E-state index contributed by atoms with van der Waals surface area (Å²) < 4.78 is 0. The van der Waals surface area contributed by atoms with Crippen LogP contribution >= 0.6 is 0 Å². The number of carbonyl (C=O) groups excluding carboxylic acids is 1. The Balaban J connectivity index is 2.64. The Morgan fingerprint density at radius 3 is 2.37 bits per heavy atom. The van der Waals surface area contributed by atoms with Gasteiger partial charge in [-0.15, -0.1) is 0 Å². The summed E-state index contributed by atoms with van der Waals surface area (Å²) in [7, 11) is 1.77. The van der Waals surface area contributed by atoms with Crippen molar-refractivity contribution in [1.82, 2.24) is 15.5 Å². The highest BCUT2D eigenvalue weighted by Crippen LogP contribution is 2.11. The van der Waals surface area contributed by atoms with Gasteiger partial charge in [-0.3, -0.25) is 9.69 Å². The molecule has 1 aromatic carbocycles. The van der Waals surface area contributed by atoms with Crippen LogP contribution in [-0.4, -0.2) is 37.5 Å². The van der Waals surface area contributed by atoms with Gasteiger partial charge in [0.1, 0.15) is 0 Å². The molecular weight excluding hydrogens is 238 g/mol. The maximum Gasteiger partial charge on any atom is 0.234 e. The predicted octanol–water partition coefficient (Wildman–Crippen LogP) is 1.36. The van der Waals surface area contributed by atoms with Crippen LogP contribution in [0.25, 0.3) is 0 Å². The zero-order chi connectivity index (χ0) is 14.1. The zero-order valence-electron chi connectivity index (χ0n) is 12.2. The summed E-state index contributed by atoms with van der Waals surface area (Å²) in [6.45, 7) is 8.30. The van der Waals surface area contributed by atoms with Gasteiger partial charge in [0, 0.05) is 13.1 Å². The molecule has 4 nitrogen and oxygen atoms in total. The molecule has 0 heterocycles. The van der Waals surface area contributed by atoms with Crippen LogP contribution in [0.4, 0.5) is 0 Å². The lowest BCUT2D eigenvalue weighted by Gasteiger charge is -2.20. The number of nitrogens with one attached hydrogen (secondary N) is 2. The molecule has 0 atom stereocenters. The van der Waals surface area contributed by atoms with Crippen molar-refractivity contribution < 1.29 is 4.79 Å². The Bertz CT molecular complexity index is 389. The van der Waals surface area contributed by atoms with E-state index in [4.69, 9.17) is 0 Å². The molecule has 0 aliphatic heterocycles. The molecule has 0 spiro atoms. The second-order valence-electron chi connectivity index (χ2n) is 4.54. The van der Waals surface area contributed by atoms with Gasteiger partial charge in [0.15, 0.2) is 0 Å². The van der Waals surface area contributed by atoms with Gasteiger partial charge in [-0.05, 0) is 31.3 Å². The van der Waals surface area contributed by atoms with Crippen molar-refractivity contribution in [2.75, 3.05) is 26.7 Å². The fraction of sp³-hybridized carbons (Fsp3) is 0.533. The summed E-state index contributed by atoms with van der Waals surface area (Å²) in [5, 5.41) is 5.78. The van der Waals surface area contributed by atoms with Crippen molar-refractivity contribution in [1.29, 1.82) is 0 Å². The molecule has 4 heteroatoms. The highest BCUT2D eigenvalue weighted by molar-refractivity contribution is 5.77. The maximum atomic E-state index is 11.5. The lowest BCUT2D eigenvalue weighted by Crippen LogP contribution is -2.32. The molecule has 0 unspecified atom stereocenters. The van der Waals surface area contributed by atoms with E-state index in [9.17, 15) is 4.79 Å². The van der Waals surface area contributed by atoms with E-state index in [0.717, 1.165) is 19.6 Å². The fourth-order valence-electron chi connectivity index (χ4n) is 1.99. The molecule has 1 amide bonds. The van der Waals surface area contributed by atoms with Crippen molar-refractivity contribution in [3.8, 4) is 0 Å². The van der Waals surface area contributed by atoms with E-state index in [0.29, 0.717) is 13.1 Å². The Morgan fingerprint density at radius 2 is 1.79 bits per heavy atom. The van der Waals surface area contributed by atoms with Gasteiger partial charge in [0.25, 0.3) is 0 Å². The van der Waals surface area contributed by atoms with Crippen LogP contribution in [0.1, 0.15) is 25.0 Å². The summed E-state index contributed by atoms with van der Waals surface area (Å²) in [5.41, 5.74) is 2.48. The Kier molecular flexibility index (Phi) is 7.15. The van der Waals surface area contributed by atoms with Crippen molar-refractivity contribution >= 4 is 5.91 Å². The number of hydrogen-bond donors (Lipinski definition) is 2. The van der Waals surface area contributed by atoms with E-state index < -0.39 is 0 Å². The minimum absolute atomic E-state index is 0.0279. The Hall–Kier alpha value is -1.39. The van der Waals surface area contributed by atoms with E-state index in [2.05, 4.69) is 47.6 Å². The zero-order valence-corrected chi connectivity index (χ0v) is 12.2. The normalized spacial score (nSPS) is 10.7. The monoisotopic (exact) mass is 263 g/mol. The average Bonchev–Trinajstić information content (AvgIpc) is 2.44. The first-order valence-corrected chi connectivity index (χ1v) is 6.91. The third kappa shape index (κ3) is 5.41. The number of benzene rings is 1. The Morgan fingerprint density at radius 1 is 1.16 bits per heavy atom. The minimum atomic E-state index is 0.0279. The standard InChI is InChI=1S/C15H25N3O/c1-4-18(5-2)12-14-9-7-6-8-13(14)10-17-15(19)11-16-3/h6-9,16H,4-5,10-12H2,1-3H3,(H,17,19). The molecule has 0 aromatic heterocycles. The number of rotatable bonds is 8. The first-order valence-electron chi connectivity index (χ1n) is 6.91. The van der Waals surface area contributed by atoms with Crippen LogP contribution in [0.2, 0.25) is 0 Å². The van der Waals surface area contributed by atoms with Gasteiger partial charge in [-0.2, -0.15) is 0 Å². The molecule has 0 radical (unpaired) electrons. The maximum absolute atomic E-state index is 11.5. The first kappa shape index (κ1) is 15.7. The summed E-state index contributed by atoms with van der Waals surface area (Å²) in [6, 6.07) is 8.29. The molecule has 0 aliphatic carbocycles. The average molecular weight is 263 g/mol. The molecule has 0 fully saturated rings. The van der Waals surface area contributed by atoms with Crippen LogP contribution in [-0.2, 0) is 17.9 Å². The number of amides is 1. The lowest BCUT2D eigenvalue weighted by atomic mass is 10.1. The van der Waals surface area contributed by atoms with Crippen LogP contribution < -0.4 is 10.6 Å². The topological polar surface area (TPSA) is 44.4 Å². The summed E-state index contributed by atoms with van der Waals surface area (Å²) in [4.78, 5) is 13.8. The molecule has 0 bridgehead atoms. The lowest BCUT2D eigenvalue weighted by molar-refractivity contribution is -0.120. The molecule has 2 N–H and O–H groups in total. The summed E-state index contributed by atoms with van der Waals surface area (Å²) >= 11 is 0. The third-order valence-corrected chi connectivity index (χ3v) is 3.22.